The average molecular weight is 279 g/mol. The number of carbonyl (C=O) groups excluding carboxylic acids is 1. The summed E-state index contributed by atoms with van der Waals surface area (Å²) in [6.07, 6.45) is 0. The summed E-state index contributed by atoms with van der Waals surface area (Å²) in [5, 5.41) is 9.78. The molecular weight excluding hydrogens is 262 g/mol. The Hall–Kier alpha value is -1.49. The quantitative estimate of drug-likeness (QED) is 0.903. The Labute approximate surface area is 116 Å². The zero-order valence-electron chi connectivity index (χ0n) is 11.0. The third-order valence-corrected chi connectivity index (χ3v) is 4.29. The van der Waals surface area contributed by atoms with Gasteiger partial charge < -0.3 is 10.0 Å². The van der Waals surface area contributed by atoms with E-state index in [1.165, 1.54) is 12.1 Å². The van der Waals surface area contributed by atoms with Crippen molar-refractivity contribution in [3.8, 4) is 0 Å². The minimum Gasteiger partial charge on any atom is -0.478 e. The third-order valence-electron chi connectivity index (χ3n) is 3.06. The zero-order chi connectivity index (χ0) is 14.0. The van der Waals surface area contributed by atoms with Crippen molar-refractivity contribution in [3.05, 3.63) is 35.4 Å². The topological polar surface area (TPSA) is 57.6 Å². The molecule has 2 rings (SSSR count). The van der Waals surface area contributed by atoms with Crippen LogP contribution in [0.1, 0.15) is 34.6 Å². The largest absolute Gasteiger partial charge is 0.478 e. The summed E-state index contributed by atoms with van der Waals surface area (Å²) in [4.78, 5) is 25.1. The minimum absolute atomic E-state index is 0.0814. The van der Waals surface area contributed by atoms with Crippen LogP contribution in [0.15, 0.2) is 24.3 Å². The van der Waals surface area contributed by atoms with Gasteiger partial charge in [-0.2, -0.15) is 11.8 Å². The fraction of sp³-hybridized carbons (Fsp3) is 0.429. The van der Waals surface area contributed by atoms with E-state index in [4.69, 9.17) is 5.11 Å². The molecule has 4 nitrogen and oxygen atoms in total. The molecule has 5 heteroatoms. The number of hydrogen-bond acceptors (Lipinski definition) is 3. The summed E-state index contributed by atoms with van der Waals surface area (Å²) >= 11 is 1.88. The summed E-state index contributed by atoms with van der Waals surface area (Å²) in [6, 6.07) is 6.23. The highest BCUT2D eigenvalue weighted by Crippen LogP contribution is 2.25. The SMILES string of the molecule is CC1CN(C(=O)c2cccc(C(=O)O)c2)CC(C)S1. The molecule has 1 aliphatic heterocycles. The first-order valence-electron chi connectivity index (χ1n) is 6.25. The minimum atomic E-state index is -1.01. The second-order valence-electron chi connectivity index (χ2n) is 4.85. The Morgan fingerprint density at radius 1 is 1.21 bits per heavy atom. The van der Waals surface area contributed by atoms with Crippen molar-refractivity contribution >= 4 is 23.6 Å². The molecule has 0 bridgehead atoms. The fourth-order valence-electron chi connectivity index (χ4n) is 2.31. The Morgan fingerprint density at radius 3 is 2.37 bits per heavy atom. The second-order valence-corrected chi connectivity index (χ2v) is 6.74. The molecule has 1 amide bonds. The van der Waals surface area contributed by atoms with Crippen molar-refractivity contribution in [2.45, 2.75) is 24.3 Å². The van der Waals surface area contributed by atoms with Crippen molar-refractivity contribution in [3.63, 3.8) is 0 Å². The van der Waals surface area contributed by atoms with E-state index in [0.29, 0.717) is 29.2 Å². The molecule has 0 saturated carbocycles. The van der Waals surface area contributed by atoms with Gasteiger partial charge in [0, 0.05) is 29.2 Å². The van der Waals surface area contributed by atoms with Crippen LogP contribution in [0.2, 0.25) is 0 Å². The van der Waals surface area contributed by atoms with E-state index in [0.717, 1.165) is 0 Å². The molecule has 2 unspecified atom stereocenters. The molecule has 0 spiro atoms. The highest BCUT2D eigenvalue weighted by atomic mass is 32.2. The monoisotopic (exact) mass is 279 g/mol. The highest BCUT2D eigenvalue weighted by molar-refractivity contribution is 8.00. The number of aromatic carboxylic acids is 1. The first-order valence-corrected chi connectivity index (χ1v) is 7.19. The van der Waals surface area contributed by atoms with E-state index in [-0.39, 0.29) is 11.5 Å². The lowest BCUT2D eigenvalue weighted by Crippen LogP contribution is -2.44. The molecule has 1 aromatic carbocycles. The van der Waals surface area contributed by atoms with E-state index in [1.807, 2.05) is 16.7 Å². The summed E-state index contributed by atoms with van der Waals surface area (Å²) in [6.45, 7) is 5.64. The van der Waals surface area contributed by atoms with Gasteiger partial charge in [0.15, 0.2) is 0 Å². The number of carboxylic acid groups (broad SMARTS) is 1. The van der Waals surface area contributed by atoms with Crippen LogP contribution >= 0.6 is 11.8 Å². The van der Waals surface area contributed by atoms with E-state index >= 15 is 0 Å². The van der Waals surface area contributed by atoms with Crippen molar-refractivity contribution < 1.29 is 14.7 Å². The maximum atomic E-state index is 12.4. The molecule has 102 valence electrons. The number of nitrogens with zero attached hydrogens (tertiary/aromatic N) is 1. The average Bonchev–Trinajstić information content (AvgIpc) is 2.37. The number of hydrogen-bond donors (Lipinski definition) is 1. The van der Waals surface area contributed by atoms with Gasteiger partial charge >= 0.3 is 5.97 Å². The summed E-state index contributed by atoms with van der Waals surface area (Å²) < 4.78 is 0. The van der Waals surface area contributed by atoms with Crippen molar-refractivity contribution in [2.24, 2.45) is 0 Å². The predicted molar refractivity (Wildman–Crippen MR) is 75.8 cm³/mol. The molecule has 1 aliphatic rings. The smallest absolute Gasteiger partial charge is 0.335 e. The van der Waals surface area contributed by atoms with E-state index in [2.05, 4.69) is 13.8 Å². The van der Waals surface area contributed by atoms with Crippen LogP contribution in [0.25, 0.3) is 0 Å². The van der Waals surface area contributed by atoms with Gasteiger partial charge in [-0.05, 0) is 18.2 Å². The van der Waals surface area contributed by atoms with Gasteiger partial charge in [-0.3, -0.25) is 4.79 Å². The first kappa shape index (κ1) is 13.9. The molecule has 2 atom stereocenters. The van der Waals surface area contributed by atoms with Crippen LogP contribution in [0.4, 0.5) is 0 Å². The molecule has 0 radical (unpaired) electrons. The maximum Gasteiger partial charge on any atom is 0.335 e. The molecule has 0 aromatic heterocycles. The molecule has 1 N–H and O–H groups in total. The lowest BCUT2D eigenvalue weighted by molar-refractivity contribution is 0.0697. The van der Waals surface area contributed by atoms with Gasteiger partial charge in [-0.15, -0.1) is 0 Å². The number of rotatable bonds is 2. The molecular formula is C14H17NO3S. The van der Waals surface area contributed by atoms with Crippen LogP contribution in [0.3, 0.4) is 0 Å². The van der Waals surface area contributed by atoms with E-state index in [1.54, 1.807) is 12.1 Å². The number of carbonyl (C=O) groups is 2. The third kappa shape index (κ3) is 3.29. The van der Waals surface area contributed by atoms with Crippen LogP contribution in [0, 0.1) is 0 Å². The molecule has 19 heavy (non-hydrogen) atoms. The lowest BCUT2D eigenvalue weighted by Gasteiger charge is -2.34. The maximum absolute atomic E-state index is 12.4. The Kier molecular flexibility index (Phi) is 4.14. The molecule has 1 heterocycles. The molecule has 1 aromatic rings. The van der Waals surface area contributed by atoms with Crippen molar-refractivity contribution in [1.29, 1.82) is 0 Å². The number of benzene rings is 1. The predicted octanol–water partition coefficient (Wildman–Crippen LogP) is 2.35. The summed E-state index contributed by atoms with van der Waals surface area (Å²) in [5.74, 6) is -1.09. The van der Waals surface area contributed by atoms with Crippen LogP contribution in [0.5, 0.6) is 0 Å². The van der Waals surface area contributed by atoms with Gasteiger partial charge in [0.2, 0.25) is 0 Å². The van der Waals surface area contributed by atoms with Gasteiger partial charge in [0.1, 0.15) is 0 Å². The van der Waals surface area contributed by atoms with Gasteiger partial charge in [0.25, 0.3) is 5.91 Å². The normalized spacial score (nSPS) is 23.2. The number of thioether (sulfide) groups is 1. The van der Waals surface area contributed by atoms with Crippen LogP contribution in [-0.4, -0.2) is 45.5 Å². The molecule has 0 aliphatic carbocycles. The molecule has 1 saturated heterocycles. The Morgan fingerprint density at radius 2 is 1.79 bits per heavy atom. The summed E-state index contributed by atoms with van der Waals surface area (Å²) in [5.41, 5.74) is 0.601. The fourth-order valence-corrected chi connectivity index (χ4v) is 3.64. The standard InChI is InChI=1S/C14H17NO3S/c1-9-7-15(8-10(2)19-9)13(16)11-4-3-5-12(6-11)14(17)18/h3-6,9-10H,7-8H2,1-2H3,(H,17,18). The zero-order valence-corrected chi connectivity index (χ0v) is 11.8. The Bertz CT molecular complexity index is 493. The number of carboxylic acids is 1. The summed E-state index contributed by atoms with van der Waals surface area (Å²) in [7, 11) is 0. The highest BCUT2D eigenvalue weighted by Gasteiger charge is 2.26. The van der Waals surface area contributed by atoms with Gasteiger partial charge in [-0.25, -0.2) is 4.79 Å². The van der Waals surface area contributed by atoms with Crippen molar-refractivity contribution in [2.75, 3.05) is 13.1 Å². The van der Waals surface area contributed by atoms with E-state index in [9.17, 15) is 9.59 Å². The van der Waals surface area contributed by atoms with Crippen molar-refractivity contribution in [1.82, 2.24) is 4.90 Å². The number of amides is 1. The first-order chi connectivity index (χ1) is 8.97. The van der Waals surface area contributed by atoms with E-state index < -0.39 is 5.97 Å². The van der Waals surface area contributed by atoms with Gasteiger partial charge in [0.05, 0.1) is 5.56 Å². The molecule has 1 fully saturated rings. The van der Waals surface area contributed by atoms with Gasteiger partial charge in [-0.1, -0.05) is 19.9 Å². The van der Waals surface area contributed by atoms with Crippen LogP contribution in [-0.2, 0) is 0 Å². The second kappa shape index (κ2) is 5.65. The Balaban J connectivity index is 2.19. The van der Waals surface area contributed by atoms with Crippen LogP contribution < -0.4 is 0 Å². The lowest BCUT2D eigenvalue weighted by atomic mass is 10.1.